The van der Waals surface area contributed by atoms with Crippen molar-refractivity contribution >= 4 is 26.1 Å². The number of halogens is 1. The molecule has 0 saturated carbocycles. The molecule has 16 heavy (non-hydrogen) atoms. The van der Waals surface area contributed by atoms with Crippen molar-refractivity contribution in [2.24, 2.45) is 0 Å². The molecule has 0 spiro atoms. The quantitative estimate of drug-likeness (QED) is 0.761. The molecule has 7 heteroatoms. The smallest absolute Gasteiger partial charge is 0.280 e. The molecule has 1 aliphatic rings. The molecule has 1 fully saturated rings. The van der Waals surface area contributed by atoms with E-state index < -0.39 is 15.7 Å². The molecule has 96 valence electrons. The van der Waals surface area contributed by atoms with Crippen LogP contribution in [0, 0.1) is 0 Å². The molecule has 0 aromatic rings. The van der Waals surface area contributed by atoms with Crippen LogP contribution in [0.15, 0.2) is 0 Å². The second kappa shape index (κ2) is 5.77. The Morgan fingerprint density at radius 1 is 1.38 bits per heavy atom. The van der Waals surface area contributed by atoms with E-state index >= 15 is 0 Å². The van der Waals surface area contributed by atoms with Crippen molar-refractivity contribution in [2.75, 3.05) is 31.6 Å². The molecule has 0 unspecified atom stereocenters. The zero-order valence-corrected chi connectivity index (χ0v) is 12.1. The van der Waals surface area contributed by atoms with Gasteiger partial charge in [0.1, 0.15) is 0 Å². The summed E-state index contributed by atoms with van der Waals surface area (Å²) in [5, 5.41) is 0.769. The van der Waals surface area contributed by atoms with Crippen LogP contribution in [0.5, 0.6) is 0 Å². The Morgan fingerprint density at radius 2 is 1.94 bits per heavy atom. The summed E-state index contributed by atoms with van der Waals surface area (Å²) >= 11 is 3.32. The normalized spacial score (nSPS) is 19.9. The Hall–Kier alpha value is 0.310. The van der Waals surface area contributed by atoms with Crippen LogP contribution in [0.3, 0.4) is 0 Å². The summed E-state index contributed by atoms with van der Waals surface area (Å²) in [7, 11) is -3.38. The Bertz CT molecular complexity index is 313. The topological polar surface area (TPSA) is 58.6 Å². The highest BCUT2D eigenvalue weighted by atomic mass is 79.9. The summed E-state index contributed by atoms with van der Waals surface area (Å²) in [6.45, 7) is 5.57. The number of ether oxygens (including phenoxy) is 1. The zero-order valence-electron chi connectivity index (χ0n) is 9.70. The molecule has 0 aromatic carbocycles. The van der Waals surface area contributed by atoms with E-state index in [9.17, 15) is 8.42 Å². The molecule has 1 N–H and O–H groups in total. The average Bonchev–Trinajstić information content (AvgIpc) is 2.17. The first-order chi connectivity index (χ1) is 7.37. The van der Waals surface area contributed by atoms with Gasteiger partial charge in [0.05, 0.1) is 13.2 Å². The van der Waals surface area contributed by atoms with Gasteiger partial charge in [-0.05, 0) is 20.3 Å². The van der Waals surface area contributed by atoms with Gasteiger partial charge >= 0.3 is 0 Å². The summed E-state index contributed by atoms with van der Waals surface area (Å²) < 4.78 is 33.3. The third-order valence-electron chi connectivity index (χ3n) is 2.43. The van der Waals surface area contributed by atoms with Gasteiger partial charge in [-0.25, -0.2) is 0 Å². The number of nitrogens with zero attached hydrogens (tertiary/aromatic N) is 1. The predicted octanol–water partition coefficient (Wildman–Crippen LogP) is 0.717. The minimum Gasteiger partial charge on any atom is -0.379 e. The van der Waals surface area contributed by atoms with Crippen molar-refractivity contribution in [3.8, 4) is 0 Å². The highest BCUT2D eigenvalue weighted by Gasteiger charge is 2.30. The fourth-order valence-electron chi connectivity index (χ4n) is 1.49. The maximum Gasteiger partial charge on any atom is 0.280 e. The van der Waals surface area contributed by atoms with Gasteiger partial charge in [-0.15, -0.1) is 0 Å². The predicted molar refractivity (Wildman–Crippen MR) is 66.9 cm³/mol. The minimum atomic E-state index is -3.38. The van der Waals surface area contributed by atoms with E-state index in [1.54, 1.807) is 0 Å². The lowest BCUT2D eigenvalue weighted by Gasteiger charge is -2.31. The molecular formula is C9H19BrN2O3S. The van der Waals surface area contributed by atoms with Gasteiger partial charge in [0.2, 0.25) is 0 Å². The summed E-state index contributed by atoms with van der Waals surface area (Å²) in [6.07, 6.45) is 0.747. The number of hydrogen-bond acceptors (Lipinski definition) is 3. The number of nitrogens with one attached hydrogen (secondary N) is 1. The molecule has 1 aliphatic heterocycles. The third-order valence-corrected chi connectivity index (χ3v) is 4.69. The monoisotopic (exact) mass is 314 g/mol. The second-order valence-corrected chi connectivity index (χ2v) is 6.91. The van der Waals surface area contributed by atoms with Crippen LogP contribution in [0.1, 0.15) is 20.3 Å². The Morgan fingerprint density at radius 3 is 2.44 bits per heavy atom. The summed E-state index contributed by atoms with van der Waals surface area (Å²) in [5.74, 6) is 0. The van der Waals surface area contributed by atoms with Gasteiger partial charge in [0, 0.05) is 24.0 Å². The first-order valence-electron chi connectivity index (χ1n) is 5.30. The second-order valence-electron chi connectivity index (χ2n) is 4.44. The number of alkyl halides is 1. The Balaban J connectivity index is 2.63. The molecule has 1 rings (SSSR count). The molecule has 1 heterocycles. The maximum absolute atomic E-state index is 12.0. The van der Waals surface area contributed by atoms with Gasteiger partial charge in [0.15, 0.2) is 0 Å². The minimum absolute atomic E-state index is 0.430. The number of rotatable bonds is 5. The fourth-order valence-corrected chi connectivity index (χ4v) is 4.04. The van der Waals surface area contributed by atoms with E-state index in [1.807, 2.05) is 13.8 Å². The van der Waals surface area contributed by atoms with Gasteiger partial charge in [0.25, 0.3) is 10.2 Å². The highest BCUT2D eigenvalue weighted by molar-refractivity contribution is 9.09. The Kier molecular flexibility index (Phi) is 5.18. The first-order valence-corrected chi connectivity index (χ1v) is 7.86. The number of hydrogen-bond donors (Lipinski definition) is 1. The van der Waals surface area contributed by atoms with Gasteiger partial charge < -0.3 is 4.74 Å². The van der Waals surface area contributed by atoms with Crippen molar-refractivity contribution in [1.29, 1.82) is 0 Å². The van der Waals surface area contributed by atoms with Crippen molar-refractivity contribution in [2.45, 2.75) is 25.8 Å². The maximum atomic E-state index is 12.0. The van der Waals surface area contributed by atoms with Crippen LogP contribution >= 0.6 is 15.9 Å². The number of morpholine rings is 1. The molecule has 0 aliphatic carbocycles. The van der Waals surface area contributed by atoms with Gasteiger partial charge in [-0.1, -0.05) is 15.9 Å². The van der Waals surface area contributed by atoms with Crippen LogP contribution < -0.4 is 4.72 Å². The molecule has 0 aromatic heterocycles. The average molecular weight is 315 g/mol. The van der Waals surface area contributed by atoms with E-state index in [-0.39, 0.29) is 0 Å². The highest BCUT2D eigenvalue weighted by Crippen LogP contribution is 2.14. The molecular weight excluding hydrogens is 296 g/mol. The summed E-state index contributed by atoms with van der Waals surface area (Å²) in [5.41, 5.74) is -0.430. The van der Waals surface area contributed by atoms with E-state index in [0.29, 0.717) is 26.3 Å². The van der Waals surface area contributed by atoms with Gasteiger partial charge in [-0.3, -0.25) is 0 Å². The van der Waals surface area contributed by atoms with Gasteiger partial charge in [-0.2, -0.15) is 17.4 Å². The lowest BCUT2D eigenvalue weighted by atomic mass is 10.0. The van der Waals surface area contributed by atoms with Crippen LogP contribution in [0.25, 0.3) is 0 Å². The van der Waals surface area contributed by atoms with Crippen molar-refractivity contribution in [3.63, 3.8) is 0 Å². The largest absolute Gasteiger partial charge is 0.379 e. The molecule has 0 radical (unpaired) electrons. The molecule has 1 saturated heterocycles. The van der Waals surface area contributed by atoms with E-state index in [0.717, 1.165) is 11.8 Å². The van der Waals surface area contributed by atoms with Crippen molar-refractivity contribution in [1.82, 2.24) is 9.03 Å². The SMILES string of the molecule is CC(C)(CCBr)NS(=O)(=O)N1CCOCC1. The van der Waals surface area contributed by atoms with Crippen molar-refractivity contribution in [3.05, 3.63) is 0 Å². The zero-order chi connectivity index (χ0) is 12.2. The van der Waals surface area contributed by atoms with E-state index in [4.69, 9.17) is 4.74 Å². The van der Waals surface area contributed by atoms with Crippen LogP contribution in [0.2, 0.25) is 0 Å². The fraction of sp³-hybridized carbons (Fsp3) is 1.00. The lowest BCUT2D eigenvalue weighted by Crippen LogP contribution is -2.53. The van der Waals surface area contributed by atoms with E-state index in [1.165, 1.54) is 4.31 Å². The first kappa shape index (κ1) is 14.4. The summed E-state index contributed by atoms with van der Waals surface area (Å²) in [4.78, 5) is 0. The standard InChI is InChI=1S/C9H19BrN2O3S/c1-9(2,3-4-10)11-16(13,14)12-5-7-15-8-6-12/h11H,3-8H2,1-2H3. The Labute approximate surface area is 106 Å². The third kappa shape index (κ3) is 4.29. The lowest BCUT2D eigenvalue weighted by molar-refractivity contribution is 0.0720. The van der Waals surface area contributed by atoms with E-state index in [2.05, 4.69) is 20.7 Å². The molecule has 5 nitrogen and oxygen atoms in total. The van der Waals surface area contributed by atoms with Crippen molar-refractivity contribution < 1.29 is 13.2 Å². The molecule has 0 amide bonds. The van der Waals surface area contributed by atoms with Crippen LogP contribution in [-0.4, -0.2) is 49.9 Å². The molecule has 0 bridgehead atoms. The van der Waals surface area contributed by atoms with Crippen LogP contribution in [0.4, 0.5) is 0 Å². The summed E-state index contributed by atoms with van der Waals surface area (Å²) in [6, 6.07) is 0. The van der Waals surface area contributed by atoms with Crippen LogP contribution in [-0.2, 0) is 14.9 Å². The molecule has 0 atom stereocenters.